The van der Waals surface area contributed by atoms with Crippen molar-refractivity contribution in [2.75, 3.05) is 13.7 Å². The van der Waals surface area contributed by atoms with Crippen molar-refractivity contribution in [3.05, 3.63) is 0 Å². The van der Waals surface area contributed by atoms with Crippen molar-refractivity contribution < 1.29 is 19.4 Å². The van der Waals surface area contributed by atoms with E-state index in [1.54, 1.807) is 7.11 Å². The number of aliphatic hydroxyl groups excluding tert-OH is 1. The molecule has 0 saturated heterocycles. The number of methoxy groups -OCH3 is 1. The third-order valence-corrected chi connectivity index (χ3v) is 8.77. The molecule has 3 aliphatic rings. The fraction of sp³-hybridized carbons (Fsp3) is 0.920. The molecule has 0 aromatic heterocycles. The average molecular weight is 437 g/mol. The van der Waals surface area contributed by atoms with Crippen molar-refractivity contribution in [2.24, 2.45) is 29.1 Å². The first-order valence-electron chi connectivity index (χ1n) is 12.5. The van der Waals surface area contributed by atoms with Crippen LogP contribution in [0.4, 0.5) is 0 Å². The minimum absolute atomic E-state index is 0.0179. The highest BCUT2D eigenvalue weighted by Gasteiger charge is 2.53. The second-order valence-corrected chi connectivity index (χ2v) is 10.8. The molecule has 0 aliphatic heterocycles. The zero-order chi connectivity index (χ0) is 22.6. The average Bonchev–Trinajstić information content (AvgIpc) is 2.74. The molecule has 3 fully saturated rings. The van der Waals surface area contributed by atoms with Crippen LogP contribution in [0.15, 0.2) is 0 Å². The summed E-state index contributed by atoms with van der Waals surface area (Å²) >= 11 is 0. The van der Waals surface area contributed by atoms with E-state index in [0.29, 0.717) is 19.1 Å². The summed E-state index contributed by atoms with van der Waals surface area (Å²) in [6, 6.07) is 0.372. The number of hydrogen-bond acceptors (Lipinski definition) is 4. The highest BCUT2D eigenvalue weighted by atomic mass is 16.5. The molecule has 0 heterocycles. The first kappa shape index (κ1) is 24.5. The number of aliphatic hydroxyl groups is 1. The maximum atomic E-state index is 13.0. The molecule has 0 radical (unpaired) electrons. The molecule has 178 valence electrons. The summed E-state index contributed by atoms with van der Waals surface area (Å²) in [5.74, 6) is 0.184. The van der Waals surface area contributed by atoms with Gasteiger partial charge < -0.3 is 20.5 Å². The van der Waals surface area contributed by atoms with Crippen molar-refractivity contribution in [1.82, 2.24) is 10.6 Å². The largest absolute Gasteiger partial charge is 0.392 e. The van der Waals surface area contributed by atoms with Crippen LogP contribution in [0.3, 0.4) is 0 Å². The van der Waals surface area contributed by atoms with Crippen LogP contribution in [0.25, 0.3) is 0 Å². The number of fused-ring (bicyclic) bond motifs is 1. The molecule has 3 saturated carbocycles. The first-order valence-corrected chi connectivity index (χ1v) is 12.5. The number of carbonyl (C=O) groups is 2. The number of carbonyl (C=O) groups excluding carboxylic acids is 2. The predicted octanol–water partition coefficient (Wildman–Crippen LogP) is 3.42. The maximum absolute atomic E-state index is 13.0. The van der Waals surface area contributed by atoms with Gasteiger partial charge in [0.05, 0.1) is 12.7 Å². The summed E-state index contributed by atoms with van der Waals surface area (Å²) in [6.07, 6.45) is 9.55. The van der Waals surface area contributed by atoms with Gasteiger partial charge in [-0.05, 0) is 61.7 Å². The number of ether oxygens (including phenoxy) is 1. The summed E-state index contributed by atoms with van der Waals surface area (Å²) in [6.45, 7) is 6.88. The quantitative estimate of drug-likeness (QED) is 0.571. The van der Waals surface area contributed by atoms with Crippen LogP contribution in [0, 0.1) is 29.1 Å². The summed E-state index contributed by atoms with van der Waals surface area (Å²) in [5.41, 5.74) is 0.0721. The van der Waals surface area contributed by atoms with E-state index in [-0.39, 0.29) is 46.9 Å². The van der Waals surface area contributed by atoms with E-state index in [9.17, 15) is 14.7 Å². The standard InChI is InChI=1S/C25H44N2O4/c1-16(24(30)26-18-8-6-5-7-9-18)19-10-13-25(3)14-11-20(17(2)22(25)23(19)29)27-21(28)12-15-31-4/h16-20,22-23,29H,5-15H2,1-4H3,(H,26,30)(H,27,28). The molecule has 7 atom stereocenters. The normalized spacial score (nSPS) is 37.5. The van der Waals surface area contributed by atoms with Gasteiger partial charge in [-0.15, -0.1) is 0 Å². The topological polar surface area (TPSA) is 87.7 Å². The second-order valence-electron chi connectivity index (χ2n) is 10.8. The third-order valence-electron chi connectivity index (χ3n) is 8.77. The van der Waals surface area contributed by atoms with Gasteiger partial charge in [0.25, 0.3) is 0 Å². The van der Waals surface area contributed by atoms with Crippen molar-refractivity contribution in [1.29, 1.82) is 0 Å². The molecule has 7 unspecified atom stereocenters. The highest BCUT2D eigenvalue weighted by Crippen LogP contribution is 2.55. The summed E-state index contributed by atoms with van der Waals surface area (Å²) in [7, 11) is 1.60. The Bertz CT molecular complexity index is 621. The predicted molar refractivity (Wildman–Crippen MR) is 121 cm³/mol. The fourth-order valence-corrected chi connectivity index (χ4v) is 6.75. The zero-order valence-corrected chi connectivity index (χ0v) is 20.0. The van der Waals surface area contributed by atoms with E-state index in [1.807, 2.05) is 6.92 Å². The Hall–Kier alpha value is -1.14. The molecular formula is C25H44N2O4. The van der Waals surface area contributed by atoms with E-state index in [1.165, 1.54) is 19.3 Å². The maximum Gasteiger partial charge on any atom is 0.223 e. The molecule has 0 aromatic carbocycles. The molecule has 6 nitrogen and oxygen atoms in total. The smallest absolute Gasteiger partial charge is 0.223 e. The fourth-order valence-electron chi connectivity index (χ4n) is 6.75. The lowest BCUT2D eigenvalue weighted by molar-refractivity contribution is -0.144. The Labute approximate surface area is 188 Å². The van der Waals surface area contributed by atoms with E-state index in [4.69, 9.17) is 4.74 Å². The third kappa shape index (κ3) is 5.62. The SMILES string of the molecule is COCCC(=O)NC1CCC2(C)CCC(C(C)C(=O)NC3CCCCC3)C(O)C2C1C. The Balaban J connectivity index is 1.64. The minimum atomic E-state index is -0.514. The number of rotatable bonds is 7. The van der Waals surface area contributed by atoms with Crippen molar-refractivity contribution in [2.45, 2.75) is 103 Å². The molecule has 31 heavy (non-hydrogen) atoms. The highest BCUT2D eigenvalue weighted by molar-refractivity contribution is 5.79. The van der Waals surface area contributed by atoms with E-state index >= 15 is 0 Å². The number of hydrogen-bond donors (Lipinski definition) is 3. The molecule has 6 heteroatoms. The Kier molecular flexibility index (Phi) is 8.42. The molecule has 3 aliphatic carbocycles. The van der Waals surface area contributed by atoms with Crippen LogP contribution < -0.4 is 10.6 Å². The van der Waals surface area contributed by atoms with Crippen LogP contribution in [0.2, 0.25) is 0 Å². The molecule has 0 bridgehead atoms. The molecular weight excluding hydrogens is 392 g/mol. The van der Waals surface area contributed by atoms with Gasteiger partial charge in [0.15, 0.2) is 0 Å². The van der Waals surface area contributed by atoms with Gasteiger partial charge in [-0.25, -0.2) is 0 Å². The molecule has 3 rings (SSSR count). The lowest BCUT2D eigenvalue weighted by Crippen LogP contribution is -2.58. The lowest BCUT2D eigenvalue weighted by Gasteiger charge is -2.56. The minimum Gasteiger partial charge on any atom is -0.392 e. The molecule has 2 amide bonds. The Morgan fingerprint density at radius 3 is 2.45 bits per heavy atom. The Morgan fingerprint density at radius 1 is 1.10 bits per heavy atom. The Morgan fingerprint density at radius 2 is 1.77 bits per heavy atom. The number of nitrogens with one attached hydrogen (secondary N) is 2. The second kappa shape index (κ2) is 10.7. The molecule has 3 N–H and O–H groups in total. The van der Waals surface area contributed by atoms with Crippen LogP contribution in [-0.2, 0) is 14.3 Å². The van der Waals surface area contributed by atoms with Gasteiger partial charge in [-0.3, -0.25) is 9.59 Å². The van der Waals surface area contributed by atoms with Crippen LogP contribution in [0.5, 0.6) is 0 Å². The van der Waals surface area contributed by atoms with Crippen molar-refractivity contribution >= 4 is 11.8 Å². The summed E-state index contributed by atoms with van der Waals surface area (Å²) in [4.78, 5) is 25.3. The number of amides is 2. The molecule has 0 aromatic rings. The van der Waals surface area contributed by atoms with Gasteiger partial charge in [-0.2, -0.15) is 0 Å². The summed E-state index contributed by atoms with van der Waals surface area (Å²) in [5, 5.41) is 18.0. The van der Waals surface area contributed by atoms with Gasteiger partial charge in [-0.1, -0.05) is 40.0 Å². The monoisotopic (exact) mass is 436 g/mol. The van der Waals surface area contributed by atoms with Crippen LogP contribution in [-0.4, -0.2) is 48.8 Å². The van der Waals surface area contributed by atoms with Gasteiger partial charge in [0.1, 0.15) is 0 Å². The summed E-state index contributed by atoms with van der Waals surface area (Å²) < 4.78 is 5.03. The van der Waals surface area contributed by atoms with Gasteiger partial charge in [0.2, 0.25) is 11.8 Å². The van der Waals surface area contributed by atoms with E-state index in [2.05, 4.69) is 24.5 Å². The van der Waals surface area contributed by atoms with Crippen molar-refractivity contribution in [3.8, 4) is 0 Å². The lowest BCUT2D eigenvalue weighted by atomic mass is 9.51. The van der Waals surface area contributed by atoms with Crippen LogP contribution >= 0.6 is 0 Å². The molecule has 0 spiro atoms. The van der Waals surface area contributed by atoms with Crippen molar-refractivity contribution in [3.63, 3.8) is 0 Å². The first-order chi connectivity index (χ1) is 14.8. The van der Waals surface area contributed by atoms with Gasteiger partial charge in [0, 0.05) is 31.5 Å². The van der Waals surface area contributed by atoms with Gasteiger partial charge >= 0.3 is 0 Å². The van der Waals surface area contributed by atoms with E-state index in [0.717, 1.165) is 38.5 Å². The zero-order valence-electron chi connectivity index (χ0n) is 20.0. The van der Waals surface area contributed by atoms with E-state index < -0.39 is 6.10 Å². The van der Waals surface area contributed by atoms with Crippen LogP contribution in [0.1, 0.15) is 85.0 Å².